The van der Waals surface area contributed by atoms with Gasteiger partial charge in [-0.25, -0.2) is 9.87 Å². The van der Waals surface area contributed by atoms with Crippen LogP contribution >= 0.6 is 0 Å². The monoisotopic (exact) mass is 477 g/mol. The molecule has 1 heterocycles. The van der Waals surface area contributed by atoms with E-state index in [0.717, 1.165) is 70.4 Å². The highest BCUT2D eigenvalue weighted by molar-refractivity contribution is 5.85. The standard InChI is InChI=1S/C29H36FN3O2/c30-26-14-12-23(13-15-26)21-32-19-17-27(22-32)33(18-5-1-2-11-29(34)31-35)20-16-25-9-6-8-24-7-3-4-10-28(24)25/h3-4,6-10,12-15,27,35H,1-2,5,11,16-22H2,(H,31,34). The van der Waals surface area contributed by atoms with Gasteiger partial charge in [0, 0.05) is 38.6 Å². The van der Waals surface area contributed by atoms with E-state index in [1.807, 2.05) is 12.1 Å². The Hall–Kier alpha value is -2.80. The van der Waals surface area contributed by atoms with Crippen molar-refractivity contribution in [3.63, 3.8) is 0 Å². The van der Waals surface area contributed by atoms with E-state index in [1.54, 1.807) is 5.48 Å². The number of halogens is 1. The summed E-state index contributed by atoms with van der Waals surface area (Å²) in [6.07, 6.45) is 5.27. The van der Waals surface area contributed by atoms with Crippen molar-refractivity contribution in [2.45, 2.75) is 51.1 Å². The van der Waals surface area contributed by atoms with Gasteiger partial charge in [-0.15, -0.1) is 0 Å². The van der Waals surface area contributed by atoms with Gasteiger partial charge in [-0.2, -0.15) is 0 Å². The van der Waals surface area contributed by atoms with Crippen molar-refractivity contribution in [3.05, 3.63) is 83.7 Å². The van der Waals surface area contributed by atoms with Gasteiger partial charge in [0.15, 0.2) is 0 Å². The fourth-order valence-electron chi connectivity index (χ4n) is 5.19. The average molecular weight is 478 g/mol. The fraction of sp³-hybridized carbons (Fsp3) is 0.414. The van der Waals surface area contributed by atoms with Crippen LogP contribution in [-0.4, -0.2) is 53.1 Å². The molecule has 1 atom stereocenters. The van der Waals surface area contributed by atoms with Crippen molar-refractivity contribution >= 4 is 16.7 Å². The second-order valence-electron chi connectivity index (χ2n) is 9.57. The SMILES string of the molecule is O=C(CCCCCN(CCc1cccc2ccccc12)C1CCN(Cc2ccc(F)cc2)C1)NO. The van der Waals surface area contributed by atoms with Crippen LogP contribution in [0.25, 0.3) is 10.8 Å². The number of rotatable bonds is 12. The Morgan fingerprint density at radius 2 is 1.80 bits per heavy atom. The van der Waals surface area contributed by atoms with Gasteiger partial charge >= 0.3 is 0 Å². The van der Waals surface area contributed by atoms with Crippen LogP contribution in [0.4, 0.5) is 4.39 Å². The van der Waals surface area contributed by atoms with Crippen LogP contribution in [0.2, 0.25) is 0 Å². The third-order valence-electron chi connectivity index (χ3n) is 7.11. The molecule has 186 valence electrons. The summed E-state index contributed by atoms with van der Waals surface area (Å²) in [6, 6.07) is 22.5. The van der Waals surface area contributed by atoms with E-state index >= 15 is 0 Å². The van der Waals surface area contributed by atoms with E-state index in [9.17, 15) is 9.18 Å². The molecule has 1 amide bonds. The molecular weight excluding hydrogens is 441 g/mol. The topological polar surface area (TPSA) is 55.8 Å². The van der Waals surface area contributed by atoms with Crippen LogP contribution in [0, 0.1) is 5.82 Å². The van der Waals surface area contributed by atoms with Crippen LogP contribution in [0.3, 0.4) is 0 Å². The van der Waals surface area contributed by atoms with Crippen LogP contribution < -0.4 is 5.48 Å². The van der Waals surface area contributed by atoms with Crippen molar-refractivity contribution in [1.29, 1.82) is 0 Å². The van der Waals surface area contributed by atoms with Crippen molar-refractivity contribution in [2.75, 3.05) is 26.2 Å². The zero-order valence-corrected chi connectivity index (χ0v) is 20.3. The van der Waals surface area contributed by atoms with E-state index in [1.165, 1.54) is 28.5 Å². The summed E-state index contributed by atoms with van der Waals surface area (Å²) in [5, 5.41) is 11.3. The van der Waals surface area contributed by atoms with Gasteiger partial charge < -0.3 is 0 Å². The minimum atomic E-state index is -0.315. The first-order valence-corrected chi connectivity index (χ1v) is 12.7. The molecule has 0 bridgehead atoms. The molecule has 1 fully saturated rings. The normalized spacial score (nSPS) is 16.3. The molecule has 4 rings (SSSR count). The molecule has 3 aromatic rings. The van der Waals surface area contributed by atoms with Crippen molar-refractivity contribution < 1.29 is 14.4 Å². The molecule has 1 unspecified atom stereocenters. The summed E-state index contributed by atoms with van der Waals surface area (Å²) < 4.78 is 13.3. The van der Waals surface area contributed by atoms with Gasteiger partial charge in [-0.1, -0.05) is 61.0 Å². The summed E-state index contributed by atoms with van der Waals surface area (Å²) >= 11 is 0. The largest absolute Gasteiger partial charge is 0.299 e. The number of hydrogen-bond donors (Lipinski definition) is 2. The van der Waals surface area contributed by atoms with E-state index in [-0.39, 0.29) is 11.7 Å². The van der Waals surface area contributed by atoms with Crippen molar-refractivity contribution in [1.82, 2.24) is 15.3 Å². The maximum atomic E-state index is 13.3. The Morgan fingerprint density at radius 1 is 1.00 bits per heavy atom. The number of unbranched alkanes of at least 4 members (excludes halogenated alkanes) is 2. The average Bonchev–Trinajstić information content (AvgIpc) is 3.35. The lowest BCUT2D eigenvalue weighted by Crippen LogP contribution is -2.39. The molecule has 35 heavy (non-hydrogen) atoms. The molecule has 1 saturated heterocycles. The van der Waals surface area contributed by atoms with Gasteiger partial charge in [0.05, 0.1) is 0 Å². The number of amides is 1. The zero-order valence-electron chi connectivity index (χ0n) is 20.3. The zero-order chi connectivity index (χ0) is 24.5. The number of carbonyl (C=O) groups excluding carboxylic acids is 1. The van der Waals surface area contributed by atoms with Crippen LogP contribution in [0.1, 0.15) is 43.2 Å². The van der Waals surface area contributed by atoms with Crippen molar-refractivity contribution in [2.24, 2.45) is 0 Å². The highest BCUT2D eigenvalue weighted by atomic mass is 19.1. The molecule has 1 aliphatic heterocycles. The molecule has 6 heteroatoms. The molecule has 5 nitrogen and oxygen atoms in total. The second-order valence-corrected chi connectivity index (χ2v) is 9.57. The molecule has 0 spiro atoms. The predicted octanol–water partition coefficient (Wildman–Crippen LogP) is 5.16. The first-order valence-electron chi connectivity index (χ1n) is 12.7. The van der Waals surface area contributed by atoms with E-state index < -0.39 is 0 Å². The van der Waals surface area contributed by atoms with Crippen LogP contribution in [0.15, 0.2) is 66.7 Å². The van der Waals surface area contributed by atoms with Gasteiger partial charge in [0.2, 0.25) is 5.91 Å². The molecule has 0 aliphatic carbocycles. The maximum absolute atomic E-state index is 13.3. The Morgan fingerprint density at radius 3 is 2.63 bits per heavy atom. The number of nitrogens with zero attached hydrogens (tertiary/aromatic N) is 2. The van der Waals surface area contributed by atoms with Crippen LogP contribution in [0.5, 0.6) is 0 Å². The smallest absolute Gasteiger partial charge is 0.243 e. The molecule has 0 radical (unpaired) electrons. The minimum absolute atomic E-state index is 0.191. The molecule has 1 aliphatic rings. The quantitative estimate of drug-likeness (QED) is 0.215. The lowest BCUT2D eigenvalue weighted by Gasteiger charge is -2.29. The predicted molar refractivity (Wildman–Crippen MR) is 138 cm³/mol. The molecule has 0 aromatic heterocycles. The summed E-state index contributed by atoms with van der Waals surface area (Å²) in [7, 11) is 0. The summed E-state index contributed by atoms with van der Waals surface area (Å²) in [5.41, 5.74) is 4.25. The Kier molecular flexibility index (Phi) is 9.23. The van der Waals surface area contributed by atoms with E-state index in [4.69, 9.17) is 5.21 Å². The Labute approximate surface area is 207 Å². The van der Waals surface area contributed by atoms with E-state index in [0.29, 0.717) is 12.5 Å². The van der Waals surface area contributed by atoms with E-state index in [2.05, 4.69) is 52.3 Å². The lowest BCUT2D eigenvalue weighted by molar-refractivity contribution is -0.129. The number of carbonyl (C=O) groups is 1. The highest BCUT2D eigenvalue weighted by Crippen LogP contribution is 2.22. The third kappa shape index (κ3) is 7.34. The molecule has 3 aromatic carbocycles. The van der Waals surface area contributed by atoms with Crippen LogP contribution in [-0.2, 0) is 17.8 Å². The first-order chi connectivity index (χ1) is 17.1. The number of benzene rings is 3. The number of nitrogens with one attached hydrogen (secondary N) is 1. The number of fused-ring (bicyclic) bond motifs is 1. The van der Waals surface area contributed by atoms with Gasteiger partial charge in [-0.05, 0) is 66.3 Å². The number of hydroxylamine groups is 1. The lowest BCUT2D eigenvalue weighted by atomic mass is 10.0. The number of likely N-dealkylation sites (tertiary alicyclic amines) is 1. The van der Waals surface area contributed by atoms with Gasteiger partial charge in [0.1, 0.15) is 5.82 Å². The minimum Gasteiger partial charge on any atom is -0.299 e. The van der Waals surface area contributed by atoms with Gasteiger partial charge in [0.25, 0.3) is 0 Å². The second kappa shape index (κ2) is 12.8. The maximum Gasteiger partial charge on any atom is 0.243 e. The molecule has 0 saturated carbocycles. The summed E-state index contributed by atoms with van der Waals surface area (Å²) in [6.45, 7) is 4.91. The Balaban J connectivity index is 1.36. The highest BCUT2D eigenvalue weighted by Gasteiger charge is 2.27. The Bertz CT molecular complexity index is 1080. The first kappa shape index (κ1) is 25.3. The summed E-state index contributed by atoms with van der Waals surface area (Å²) in [4.78, 5) is 16.4. The number of hydrogen-bond acceptors (Lipinski definition) is 4. The third-order valence-corrected chi connectivity index (χ3v) is 7.11. The van der Waals surface area contributed by atoms with Crippen molar-refractivity contribution in [3.8, 4) is 0 Å². The molecular formula is C29H36FN3O2. The fourth-order valence-corrected chi connectivity index (χ4v) is 5.19. The molecule has 2 N–H and O–H groups in total. The summed E-state index contributed by atoms with van der Waals surface area (Å²) in [5.74, 6) is -0.505. The van der Waals surface area contributed by atoms with Gasteiger partial charge in [-0.3, -0.25) is 19.8 Å².